The second-order valence-corrected chi connectivity index (χ2v) is 5.73. The molecular weight excluding hydrogens is 276 g/mol. The number of hydrogen-bond acceptors (Lipinski definition) is 3. The summed E-state index contributed by atoms with van der Waals surface area (Å²) in [5.41, 5.74) is 6.82. The highest BCUT2D eigenvalue weighted by atomic mass is 16.5. The van der Waals surface area contributed by atoms with Gasteiger partial charge in [-0.25, -0.2) is 0 Å². The second kappa shape index (κ2) is 9.30. The predicted molar refractivity (Wildman–Crippen MR) is 92.6 cm³/mol. The van der Waals surface area contributed by atoms with Gasteiger partial charge in [0.2, 0.25) is 0 Å². The Kier molecular flexibility index (Phi) is 7.03. The number of rotatable bonds is 6. The van der Waals surface area contributed by atoms with Crippen LogP contribution in [0.1, 0.15) is 32.1 Å². The summed E-state index contributed by atoms with van der Waals surface area (Å²) in [6.45, 7) is 4.36. The number of hydrogen-bond donors (Lipinski definition) is 2. The zero-order chi connectivity index (χ0) is 15.6. The first kappa shape index (κ1) is 16.6. The van der Waals surface area contributed by atoms with Crippen LogP contribution in [-0.4, -0.2) is 44.1 Å². The maximum atomic E-state index is 5.93. The molecule has 0 unspecified atom stereocenters. The highest BCUT2D eigenvalue weighted by Crippen LogP contribution is 2.16. The van der Waals surface area contributed by atoms with Crippen LogP contribution < -0.4 is 15.8 Å². The van der Waals surface area contributed by atoms with Gasteiger partial charge in [0.05, 0.1) is 7.11 Å². The standard InChI is InChI=1S/C17H28N4O/c1-22-16-9-6-8-15(14-16)20-17(18)19-10-7-13-21-11-4-2-3-5-12-21/h6,8-9,14H,2-5,7,10-13H2,1H3,(H3,18,19,20). The number of nitrogens with two attached hydrogens (primary N) is 1. The quantitative estimate of drug-likeness (QED) is 0.482. The summed E-state index contributed by atoms with van der Waals surface area (Å²) < 4.78 is 5.19. The van der Waals surface area contributed by atoms with Gasteiger partial charge in [0, 0.05) is 18.3 Å². The zero-order valence-corrected chi connectivity index (χ0v) is 13.6. The van der Waals surface area contributed by atoms with Crippen molar-refractivity contribution in [2.24, 2.45) is 10.7 Å². The average molecular weight is 304 g/mol. The molecule has 1 heterocycles. The van der Waals surface area contributed by atoms with Crippen LogP contribution in [0.4, 0.5) is 5.69 Å². The number of ether oxygens (including phenoxy) is 1. The molecule has 1 aliphatic rings. The average Bonchev–Trinajstić information content (AvgIpc) is 2.80. The van der Waals surface area contributed by atoms with Crippen LogP contribution in [0.15, 0.2) is 29.3 Å². The molecule has 0 aliphatic carbocycles. The Morgan fingerprint density at radius 2 is 2.05 bits per heavy atom. The van der Waals surface area contributed by atoms with Crippen molar-refractivity contribution < 1.29 is 4.74 Å². The lowest BCUT2D eigenvalue weighted by atomic mass is 10.2. The molecule has 0 amide bonds. The Morgan fingerprint density at radius 3 is 2.77 bits per heavy atom. The third kappa shape index (κ3) is 5.93. The number of guanidine groups is 1. The highest BCUT2D eigenvalue weighted by molar-refractivity contribution is 5.92. The molecule has 22 heavy (non-hydrogen) atoms. The van der Waals surface area contributed by atoms with Crippen molar-refractivity contribution in [3.8, 4) is 5.75 Å². The number of nitrogens with one attached hydrogen (secondary N) is 1. The van der Waals surface area contributed by atoms with Gasteiger partial charge in [-0.05, 0) is 51.0 Å². The normalized spacial score (nSPS) is 17.0. The van der Waals surface area contributed by atoms with Gasteiger partial charge < -0.3 is 20.7 Å². The van der Waals surface area contributed by atoms with Crippen LogP contribution in [0.5, 0.6) is 5.75 Å². The minimum absolute atomic E-state index is 0.462. The Balaban J connectivity index is 1.70. The topological polar surface area (TPSA) is 62.9 Å². The smallest absolute Gasteiger partial charge is 0.193 e. The Bertz CT molecular complexity index is 467. The van der Waals surface area contributed by atoms with E-state index in [-0.39, 0.29) is 0 Å². The second-order valence-electron chi connectivity index (χ2n) is 5.73. The zero-order valence-electron chi connectivity index (χ0n) is 13.6. The molecular formula is C17H28N4O. The molecule has 5 heteroatoms. The SMILES string of the molecule is COc1cccc(NC(N)=NCCCN2CCCCCC2)c1. The van der Waals surface area contributed by atoms with Gasteiger partial charge in [0.25, 0.3) is 0 Å². The van der Waals surface area contributed by atoms with Gasteiger partial charge in [0.1, 0.15) is 5.75 Å². The van der Waals surface area contributed by atoms with E-state index in [2.05, 4.69) is 15.2 Å². The van der Waals surface area contributed by atoms with Crippen LogP contribution in [0.2, 0.25) is 0 Å². The van der Waals surface area contributed by atoms with Gasteiger partial charge in [-0.3, -0.25) is 4.99 Å². The predicted octanol–water partition coefficient (Wildman–Crippen LogP) is 2.69. The number of anilines is 1. The van der Waals surface area contributed by atoms with Crippen molar-refractivity contribution in [1.29, 1.82) is 0 Å². The van der Waals surface area contributed by atoms with E-state index >= 15 is 0 Å². The summed E-state index contributed by atoms with van der Waals surface area (Å²) >= 11 is 0. The van der Waals surface area contributed by atoms with E-state index in [4.69, 9.17) is 10.5 Å². The molecule has 0 radical (unpaired) electrons. The van der Waals surface area contributed by atoms with E-state index < -0.39 is 0 Å². The van der Waals surface area contributed by atoms with Crippen molar-refractivity contribution in [2.75, 3.05) is 38.6 Å². The molecule has 0 spiro atoms. The Labute approximate surface area is 133 Å². The lowest BCUT2D eigenvalue weighted by molar-refractivity contribution is 0.283. The molecule has 1 fully saturated rings. The van der Waals surface area contributed by atoms with Crippen molar-refractivity contribution >= 4 is 11.6 Å². The number of benzene rings is 1. The molecule has 5 nitrogen and oxygen atoms in total. The van der Waals surface area contributed by atoms with E-state index in [0.29, 0.717) is 5.96 Å². The first-order chi connectivity index (χ1) is 10.8. The van der Waals surface area contributed by atoms with Crippen LogP contribution in [-0.2, 0) is 0 Å². The summed E-state index contributed by atoms with van der Waals surface area (Å²) in [6.07, 6.45) is 6.49. The Hall–Kier alpha value is -1.75. The lowest BCUT2D eigenvalue weighted by Crippen LogP contribution is -2.27. The number of likely N-dealkylation sites (tertiary alicyclic amines) is 1. The first-order valence-electron chi connectivity index (χ1n) is 8.21. The fraction of sp³-hybridized carbons (Fsp3) is 0.588. The van der Waals surface area contributed by atoms with E-state index in [1.54, 1.807) is 7.11 Å². The Morgan fingerprint density at radius 1 is 1.27 bits per heavy atom. The summed E-state index contributed by atoms with van der Waals surface area (Å²) in [4.78, 5) is 6.95. The number of aliphatic imine (C=N–C) groups is 1. The van der Waals surface area contributed by atoms with Crippen LogP contribution in [0.3, 0.4) is 0 Å². The maximum absolute atomic E-state index is 5.93. The summed E-state index contributed by atoms with van der Waals surface area (Å²) in [5.74, 6) is 1.27. The monoisotopic (exact) mass is 304 g/mol. The largest absolute Gasteiger partial charge is 0.497 e. The summed E-state index contributed by atoms with van der Waals surface area (Å²) in [7, 11) is 1.65. The fourth-order valence-electron chi connectivity index (χ4n) is 2.74. The molecule has 1 saturated heterocycles. The van der Waals surface area contributed by atoms with Crippen molar-refractivity contribution in [2.45, 2.75) is 32.1 Å². The third-order valence-corrected chi connectivity index (χ3v) is 3.96. The molecule has 0 bridgehead atoms. The number of methoxy groups -OCH3 is 1. The summed E-state index contributed by atoms with van der Waals surface area (Å²) in [5, 5.41) is 3.10. The van der Waals surface area contributed by atoms with Gasteiger partial charge in [-0.2, -0.15) is 0 Å². The van der Waals surface area contributed by atoms with Gasteiger partial charge in [-0.1, -0.05) is 18.9 Å². The molecule has 122 valence electrons. The molecule has 0 aromatic heterocycles. The lowest BCUT2D eigenvalue weighted by Gasteiger charge is -2.18. The minimum atomic E-state index is 0.462. The van der Waals surface area contributed by atoms with Gasteiger partial charge >= 0.3 is 0 Å². The summed E-state index contributed by atoms with van der Waals surface area (Å²) in [6, 6.07) is 7.68. The molecule has 0 saturated carbocycles. The van der Waals surface area contributed by atoms with Crippen molar-refractivity contribution in [3.63, 3.8) is 0 Å². The van der Waals surface area contributed by atoms with Crippen molar-refractivity contribution in [1.82, 2.24) is 4.90 Å². The fourth-order valence-corrected chi connectivity index (χ4v) is 2.74. The van der Waals surface area contributed by atoms with Crippen molar-refractivity contribution in [3.05, 3.63) is 24.3 Å². The molecule has 1 aromatic rings. The number of nitrogens with zero attached hydrogens (tertiary/aromatic N) is 2. The van der Waals surface area contributed by atoms with E-state index in [1.165, 1.54) is 38.8 Å². The molecule has 3 N–H and O–H groups in total. The van der Waals surface area contributed by atoms with Gasteiger partial charge in [-0.15, -0.1) is 0 Å². The van der Waals surface area contributed by atoms with Crippen LogP contribution in [0, 0.1) is 0 Å². The molecule has 1 aromatic carbocycles. The highest BCUT2D eigenvalue weighted by Gasteiger charge is 2.07. The maximum Gasteiger partial charge on any atom is 0.193 e. The van der Waals surface area contributed by atoms with E-state index in [9.17, 15) is 0 Å². The van der Waals surface area contributed by atoms with Gasteiger partial charge in [0.15, 0.2) is 5.96 Å². The van der Waals surface area contributed by atoms with Crippen LogP contribution >= 0.6 is 0 Å². The third-order valence-electron chi connectivity index (χ3n) is 3.96. The first-order valence-corrected chi connectivity index (χ1v) is 8.21. The molecule has 2 rings (SSSR count). The molecule has 0 atom stereocenters. The van der Waals surface area contributed by atoms with Crippen LogP contribution in [0.25, 0.3) is 0 Å². The van der Waals surface area contributed by atoms with E-state index in [0.717, 1.165) is 30.9 Å². The minimum Gasteiger partial charge on any atom is -0.497 e. The van der Waals surface area contributed by atoms with E-state index in [1.807, 2.05) is 24.3 Å². The molecule has 1 aliphatic heterocycles.